The number of rotatable bonds is 7. The molecule has 1 aliphatic rings. The van der Waals surface area contributed by atoms with E-state index in [4.69, 9.17) is 5.11 Å². The van der Waals surface area contributed by atoms with Crippen LogP contribution < -0.4 is 16.0 Å². The van der Waals surface area contributed by atoms with Crippen molar-refractivity contribution in [1.29, 1.82) is 0 Å². The van der Waals surface area contributed by atoms with Gasteiger partial charge in [-0.1, -0.05) is 35.8 Å². The Labute approximate surface area is 204 Å². The van der Waals surface area contributed by atoms with E-state index in [0.717, 1.165) is 55.0 Å². The second-order valence-corrected chi connectivity index (χ2v) is 9.09. The lowest BCUT2D eigenvalue weighted by molar-refractivity contribution is 0.0695. The number of hydrogen-bond acceptors (Lipinski definition) is 8. The molecule has 3 amide bonds. The molecule has 1 fully saturated rings. The summed E-state index contributed by atoms with van der Waals surface area (Å²) in [4.78, 5) is 60.6. The van der Waals surface area contributed by atoms with E-state index in [1.807, 2.05) is 13.0 Å². The van der Waals surface area contributed by atoms with Crippen LogP contribution in [-0.4, -0.2) is 43.7 Å². The Bertz CT molecular complexity index is 1280. The van der Waals surface area contributed by atoms with Gasteiger partial charge in [-0.3, -0.25) is 20.2 Å². The van der Waals surface area contributed by atoms with Gasteiger partial charge in [-0.25, -0.2) is 24.5 Å². The Balaban J connectivity index is 1.39. The minimum absolute atomic E-state index is 0.0234. The molecule has 4 rings (SSSR count). The molecule has 35 heavy (non-hydrogen) atoms. The summed E-state index contributed by atoms with van der Waals surface area (Å²) in [5.41, 5.74) is 1.72. The number of carbonyl (C=O) groups is 4. The molecule has 2 heterocycles. The van der Waals surface area contributed by atoms with Crippen molar-refractivity contribution in [3.63, 3.8) is 0 Å². The summed E-state index contributed by atoms with van der Waals surface area (Å²) in [7, 11) is 0. The van der Waals surface area contributed by atoms with Gasteiger partial charge in [0.15, 0.2) is 10.9 Å². The number of ketones is 1. The number of carbonyl (C=O) groups excluding carboxylic acids is 3. The van der Waals surface area contributed by atoms with Gasteiger partial charge in [0.2, 0.25) is 5.95 Å². The molecule has 0 saturated heterocycles. The van der Waals surface area contributed by atoms with E-state index in [2.05, 4.69) is 30.9 Å². The van der Waals surface area contributed by atoms with Crippen molar-refractivity contribution in [3.05, 3.63) is 58.4 Å². The fourth-order valence-electron chi connectivity index (χ4n) is 3.73. The number of anilines is 3. The quantitative estimate of drug-likeness (QED) is 0.355. The lowest BCUT2D eigenvalue weighted by Gasteiger charge is -2.14. The number of thiazole rings is 1. The van der Waals surface area contributed by atoms with Crippen LogP contribution in [0.3, 0.4) is 0 Å². The summed E-state index contributed by atoms with van der Waals surface area (Å²) in [5, 5.41) is 16.8. The Morgan fingerprint density at radius 3 is 2.37 bits per heavy atom. The second kappa shape index (κ2) is 10.4. The molecule has 11 nitrogen and oxygen atoms in total. The summed E-state index contributed by atoms with van der Waals surface area (Å²) in [6.45, 7) is 1.89. The van der Waals surface area contributed by atoms with E-state index in [1.54, 1.807) is 12.1 Å². The van der Waals surface area contributed by atoms with Gasteiger partial charge in [-0.2, -0.15) is 0 Å². The number of carboxylic acid groups (broad SMARTS) is 1. The second-order valence-electron chi connectivity index (χ2n) is 8.06. The first-order valence-electron chi connectivity index (χ1n) is 10.9. The highest BCUT2D eigenvalue weighted by Gasteiger charge is 2.26. The Morgan fingerprint density at radius 2 is 1.69 bits per heavy atom. The predicted octanol–water partition coefficient (Wildman–Crippen LogP) is 4.21. The molecule has 2 aromatic heterocycles. The van der Waals surface area contributed by atoms with Gasteiger partial charge in [-0.15, -0.1) is 0 Å². The van der Waals surface area contributed by atoms with Crippen LogP contribution in [0, 0.1) is 12.8 Å². The summed E-state index contributed by atoms with van der Waals surface area (Å²) in [6, 6.07) is 4.71. The normalized spacial score (nSPS) is 13.3. The summed E-state index contributed by atoms with van der Waals surface area (Å²) >= 11 is 0.929. The number of hydrogen-bond donors (Lipinski definition) is 4. The number of Topliss-reactive ketones (excluding diaryl/α,β-unsaturated/α-hetero) is 1. The van der Waals surface area contributed by atoms with Crippen molar-refractivity contribution in [1.82, 2.24) is 15.0 Å². The van der Waals surface area contributed by atoms with Gasteiger partial charge in [0, 0.05) is 23.9 Å². The lowest BCUT2D eigenvalue weighted by atomic mass is 9.94. The molecule has 12 heteroatoms. The number of nitrogens with one attached hydrogen (secondary N) is 3. The fraction of sp³-hybridized carbons (Fsp3) is 0.261. The first-order chi connectivity index (χ1) is 16.8. The zero-order valence-electron chi connectivity index (χ0n) is 18.7. The van der Waals surface area contributed by atoms with Crippen LogP contribution in [0.1, 0.15) is 61.6 Å². The van der Waals surface area contributed by atoms with Crippen molar-refractivity contribution >= 4 is 51.8 Å². The Morgan fingerprint density at radius 1 is 0.971 bits per heavy atom. The van der Waals surface area contributed by atoms with E-state index >= 15 is 0 Å². The third-order valence-corrected chi connectivity index (χ3v) is 6.40. The molecule has 0 bridgehead atoms. The zero-order valence-corrected chi connectivity index (χ0v) is 19.5. The van der Waals surface area contributed by atoms with Crippen LogP contribution in [0.2, 0.25) is 0 Å². The minimum Gasteiger partial charge on any atom is -0.478 e. The maximum Gasteiger partial charge on any atom is 0.338 e. The van der Waals surface area contributed by atoms with Crippen LogP contribution in [0.25, 0.3) is 0 Å². The fourth-order valence-corrected chi connectivity index (χ4v) is 4.44. The molecule has 0 aliphatic heterocycles. The van der Waals surface area contributed by atoms with Gasteiger partial charge < -0.3 is 10.4 Å². The van der Waals surface area contributed by atoms with Crippen LogP contribution in [0.5, 0.6) is 0 Å². The average Bonchev–Trinajstić information content (AvgIpc) is 3.53. The number of aryl methyl sites for hydroxylation is 1. The maximum absolute atomic E-state index is 13.0. The van der Waals surface area contributed by atoms with Gasteiger partial charge in [-0.05, 0) is 31.9 Å². The van der Waals surface area contributed by atoms with Crippen molar-refractivity contribution < 1.29 is 24.3 Å². The van der Waals surface area contributed by atoms with E-state index in [9.17, 15) is 19.2 Å². The minimum atomic E-state index is -1.18. The van der Waals surface area contributed by atoms with Crippen LogP contribution >= 0.6 is 11.3 Å². The largest absolute Gasteiger partial charge is 0.478 e. The van der Waals surface area contributed by atoms with Crippen LogP contribution in [0.4, 0.5) is 21.6 Å². The number of urea groups is 1. The van der Waals surface area contributed by atoms with Gasteiger partial charge >= 0.3 is 12.0 Å². The van der Waals surface area contributed by atoms with E-state index in [-0.39, 0.29) is 33.2 Å². The van der Waals surface area contributed by atoms with Gasteiger partial charge in [0.05, 0.1) is 17.4 Å². The molecule has 0 radical (unpaired) electrons. The molecule has 1 aliphatic carbocycles. The van der Waals surface area contributed by atoms with Crippen molar-refractivity contribution in [2.45, 2.75) is 32.6 Å². The molecular formula is C23H22N6O5S. The zero-order chi connectivity index (χ0) is 24.9. The SMILES string of the molecule is Cc1ccc(NC(=O)Nc2ncc(C(=O)Nc3ncc(C(=O)O)cn3)s2)c(C(=O)C2CCCC2)c1. The van der Waals surface area contributed by atoms with Crippen molar-refractivity contribution in [2.75, 3.05) is 16.0 Å². The molecule has 4 N–H and O–H groups in total. The Hall–Kier alpha value is -4.19. The van der Waals surface area contributed by atoms with E-state index < -0.39 is 17.9 Å². The van der Waals surface area contributed by atoms with Crippen LogP contribution in [-0.2, 0) is 0 Å². The summed E-state index contributed by atoms with van der Waals surface area (Å²) in [6.07, 6.45) is 7.21. The monoisotopic (exact) mass is 494 g/mol. The number of amides is 3. The van der Waals surface area contributed by atoms with Crippen molar-refractivity contribution in [3.8, 4) is 0 Å². The highest BCUT2D eigenvalue weighted by molar-refractivity contribution is 7.17. The predicted molar refractivity (Wildman–Crippen MR) is 129 cm³/mol. The number of benzene rings is 1. The van der Waals surface area contributed by atoms with E-state index in [1.165, 1.54) is 6.20 Å². The smallest absolute Gasteiger partial charge is 0.338 e. The molecule has 1 aromatic carbocycles. The van der Waals surface area contributed by atoms with Crippen LogP contribution in [0.15, 0.2) is 36.8 Å². The molecular weight excluding hydrogens is 472 g/mol. The lowest BCUT2D eigenvalue weighted by Crippen LogP contribution is -2.22. The Kier molecular flexibility index (Phi) is 7.11. The number of carboxylic acids is 1. The van der Waals surface area contributed by atoms with Crippen molar-refractivity contribution in [2.24, 2.45) is 5.92 Å². The standard InChI is InChI=1S/C23H22N6O5S/c1-12-6-7-16(15(8-12)18(30)13-4-2-3-5-13)27-22(34)29-23-26-11-17(35-23)19(31)28-21-24-9-14(10-25-21)20(32)33/h6-11,13H,2-5H2,1H3,(H,32,33)(H,24,25,28,31)(H2,26,27,29,34). The molecule has 0 unspecified atom stereocenters. The molecule has 3 aromatic rings. The number of nitrogens with zero attached hydrogens (tertiary/aromatic N) is 3. The highest BCUT2D eigenvalue weighted by Crippen LogP contribution is 2.31. The summed E-state index contributed by atoms with van der Waals surface area (Å²) in [5.74, 6) is -1.81. The number of aromatic carboxylic acids is 1. The first-order valence-corrected chi connectivity index (χ1v) is 11.7. The topological polar surface area (TPSA) is 163 Å². The molecule has 0 atom stereocenters. The first kappa shape index (κ1) is 24.0. The number of aromatic nitrogens is 3. The molecule has 1 saturated carbocycles. The summed E-state index contributed by atoms with van der Waals surface area (Å²) < 4.78 is 0. The molecule has 0 spiro atoms. The molecule has 180 valence electrons. The van der Waals surface area contributed by atoms with Gasteiger partial charge in [0.1, 0.15) is 4.88 Å². The average molecular weight is 495 g/mol. The highest BCUT2D eigenvalue weighted by atomic mass is 32.1. The third-order valence-electron chi connectivity index (χ3n) is 5.49. The van der Waals surface area contributed by atoms with E-state index in [0.29, 0.717) is 11.3 Å². The maximum atomic E-state index is 13.0. The van der Waals surface area contributed by atoms with Gasteiger partial charge in [0.25, 0.3) is 5.91 Å². The third kappa shape index (κ3) is 5.84.